The topological polar surface area (TPSA) is 213 Å². The molecule has 0 saturated heterocycles. The number of hydrogen-bond acceptors (Lipinski definition) is 8. The third kappa shape index (κ3) is 16.2. The summed E-state index contributed by atoms with van der Waals surface area (Å²) < 4.78 is 0. The van der Waals surface area contributed by atoms with Gasteiger partial charge in [-0.25, -0.2) is 0 Å². The number of carboxylic acid groups (broad SMARTS) is 4. The van der Waals surface area contributed by atoms with Crippen molar-refractivity contribution in [3.8, 4) is 0 Å². The quantitative estimate of drug-likeness (QED) is 0.192. The minimum atomic E-state index is -1.64. The molecule has 29 heavy (non-hydrogen) atoms. The van der Waals surface area contributed by atoms with E-state index in [1.54, 1.807) is 0 Å². The summed E-state index contributed by atoms with van der Waals surface area (Å²) in [5, 5.41) is 41.3. The van der Waals surface area contributed by atoms with E-state index in [4.69, 9.17) is 10.2 Å². The molecule has 0 aliphatic heterocycles. The molecule has 0 aromatic heterocycles. The van der Waals surface area contributed by atoms with Crippen LogP contribution in [0.15, 0.2) is 24.3 Å². The van der Waals surface area contributed by atoms with Gasteiger partial charge in [0.1, 0.15) is 0 Å². The Kier molecular flexibility index (Phi) is 16.7. The first-order chi connectivity index (χ1) is 12.7. The van der Waals surface area contributed by atoms with Crippen molar-refractivity contribution in [3.05, 3.63) is 24.3 Å². The summed E-state index contributed by atoms with van der Waals surface area (Å²) in [6.45, 7) is 9.30. The maximum Gasteiger partial charge on any atom is 2.00 e. The van der Waals surface area contributed by atoms with Gasteiger partial charge in [-0.2, -0.15) is 0 Å². The van der Waals surface area contributed by atoms with Crippen LogP contribution in [0.25, 0.3) is 0 Å². The molecule has 0 heterocycles. The fourth-order valence-corrected chi connectivity index (χ4v) is 1.30. The van der Waals surface area contributed by atoms with E-state index in [0.717, 1.165) is 0 Å². The minimum Gasteiger partial charge on any atom is -0.548 e. The van der Waals surface area contributed by atoms with Gasteiger partial charge in [0.2, 0.25) is 11.8 Å². The molecule has 0 aliphatic rings. The molecule has 2 atom stereocenters. The van der Waals surface area contributed by atoms with Gasteiger partial charge >= 0.3 is 49.7 Å². The standard InChI is InChI=1S/2C8H11NO5.Ca/c2*1-4(2)7(12)9-5(8(13)14)3-6(10)11;/h2*5H,1,3H2,2H3,(H,9,12)(H,10,11)(H,13,14);/q;;+2/p-2/t2*5-;/m00./s1. The number of carbonyl (C=O) groups excluding carboxylic acids is 4. The van der Waals surface area contributed by atoms with Crippen LogP contribution in [-0.4, -0.2) is 95.7 Å². The molecule has 0 saturated carbocycles. The zero-order valence-electron chi connectivity index (χ0n) is 15.9. The summed E-state index contributed by atoms with van der Waals surface area (Å²) in [4.78, 5) is 63.0. The summed E-state index contributed by atoms with van der Waals surface area (Å²) in [7, 11) is 0. The van der Waals surface area contributed by atoms with Gasteiger partial charge in [0.25, 0.3) is 0 Å². The van der Waals surface area contributed by atoms with Crippen LogP contribution in [-0.2, 0) is 28.8 Å². The van der Waals surface area contributed by atoms with E-state index in [-0.39, 0.29) is 48.9 Å². The molecular formula is C16H20CaN2O10. The molecule has 0 rings (SSSR count). The molecule has 12 nitrogen and oxygen atoms in total. The SMILES string of the molecule is C=C(C)C(=O)N[C@@H](CC(=O)O)C(=O)[O-].C=C(C)C(=O)N[C@@H](CC(=O)O)C(=O)[O-].[Ca+2]. The second-order valence-electron chi connectivity index (χ2n) is 5.45. The Balaban J connectivity index is -0.000000451. The van der Waals surface area contributed by atoms with Crippen LogP contribution in [0.5, 0.6) is 0 Å². The van der Waals surface area contributed by atoms with Crippen LogP contribution in [0.4, 0.5) is 0 Å². The van der Waals surface area contributed by atoms with Crippen molar-refractivity contribution >= 4 is 73.4 Å². The molecule has 2 amide bonds. The third-order valence-corrected chi connectivity index (χ3v) is 2.71. The average Bonchev–Trinajstić information content (AvgIpc) is 2.52. The molecular weight excluding hydrogens is 420 g/mol. The van der Waals surface area contributed by atoms with Gasteiger partial charge in [0.05, 0.1) is 36.9 Å². The zero-order chi connectivity index (χ0) is 22.6. The number of nitrogens with one attached hydrogen (secondary N) is 2. The molecule has 0 spiro atoms. The Morgan fingerprint density at radius 2 is 1.00 bits per heavy atom. The molecule has 0 radical (unpaired) electrons. The Morgan fingerprint density at radius 1 is 0.759 bits per heavy atom. The van der Waals surface area contributed by atoms with Gasteiger partial charge in [0.15, 0.2) is 0 Å². The van der Waals surface area contributed by atoms with Crippen LogP contribution < -0.4 is 20.8 Å². The Morgan fingerprint density at radius 3 is 1.14 bits per heavy atom. The number of amides is 2. The molecule has 13 heteroatoms. The average molecular weight is 440 g/mol. The first-order valence-corrected chi connectivity index (χ1v) is 7.47. The fraction of sp³-hybridized carbons (Fsp3) is 0.375. The number of aliphatic carboxylic acids is 4. The molecule has 0 fully saturated rings. The monoisotopic (exact) mass is 440 g/mol. The van der Waals surface area contributed by atoms with Gasteiger partial charge in [-0.15, -0.1) is 0 Å². The fourth-order valence-electron chi connectivity index (χ4n) is 1.30. The van der Waals surface area contributed by atoms with E-state index in [1.807, 2.05) is 10.6 Å². The van der Waals surface area contributed by atoms with Crippen LogP contribution >= 0.6 is 0 Å². The van der Waals surface area contributed by atoms with Crippen molar-refractivity contribution in [1.82, 2.24) is 10.6 Å². The zero-order valence-corrected chi connectivity index (χ0v) is 18.1. The number of rotatable bonds is 10. The molecule has 0 bridgehead atoms. The van der Waals surface area contributed by atoms with E-state index >= 15 is 0 Å². The van der Waals surface area contributed by atoms with E-state index < -0.39 is 60.6 Å². The van der Waals surface area contributed by atoms with E-state index in [0.29, 0.717) is 0 Å². The van der Waals surface area contributed by atoms with Crippen molar-refractivity contribution in [1.29, 1.82) is 0 Å². The summed E-state index contributed by atoms with van der Waals surface area (Å²) in [5.74, 6) is -7.35. The first-order valence-electron chi connectivity index (χ1n) is 7.47. The summed E-state index contributed by atoms with van der Waals surface area (Å²) in [5.41, 5.74) is 0.197. The number of carboxylic acids is 4. The normalized spacial score (nSPS) is 11.1. The molecule has 0 aromatic carbocycles. The first kappa shape index (κ1) is 31.3. The summed E-state index contributed by atoms with van der Waals surface area (Å²) in [6, 6.07) is -3.06. The van der Waals surface area contributed by atoms with E-state index in [1.165, 1.54) is 13.8 Å². The van der Waals surface area contributed by atoms with Gasteiger partial charge < -0.3 is 40.6 Å². The molecule has 156 valence electrons. The maximum absolute atomic E-state index is 10.9. The summed E-state index contributed by atoms with van der Waals surface area (Å²) >= 11 is 0. The Labute approximate surface area is 195 Å². The van der Waals surface area contributed by atoms with E-state index in [9.17, 15) is 39.0 Å². The largest absolute Gasteiger partial charge is 2.00 e. The van der Waals surface area contributed by atoms with Gasteiger partial charge in [-0.1, -0.05) is 13.2 Å². The van der Waals surface area contributed by atoms with Crippen molar-refractivity contribution in [3.63, 3.8) is 0 Å². The predicted molar refractivity (Wildman–Crippen MR) is 93.8 cm³/mol. The molecule has 0 aliphatic carbocycles. The van der Waals surface area contributed by atoms with Gasteiger partial charge in [-0.05, 0) is 13.8 Å². The maximum atomic E-state index is 10.9. The van der Waals surface area contributed by atoms with Gasteiger partial charge in [-0.3, -0.25) is 19.2 Å². The Hall–Kier alpha value is -2.44. The molecule has 0 unspecified atom stereocenters. The van der Waals surface area contributed by atoms with Crippen LogP contribution in [0, 0.1) is 0 Å². The second-order valence-corrected chi connectivity index (χ2v) is 5.45. The minimum absolute atomic E-state index is 0. The van der Waals surface area contributed by atoms with Crippen molar-refractivity contribution in [2.45, 2.75) is 38.8 Å². The van der Waals surface area contributed by atoms with Crippen LogP contribution in [0.2, 0.25) is 0 Å². The smallest absolute Gasteiger partial charge is 0.548 e. The summed E-state index contributed by atoms with van der Waals surface area (Å²) in [6.07, 6.45) is -1.44. The van der Waals surface area contributed by atoms with Crippen LogP contribution in [0.3, 0.4) is 0 Å². The van der Waals surface area contributed by atoms with Crippen molar-refractivity contribution < 1.29 is 49.2 Å². The molecule has 0 aromatic rings. The molecule has 4 N–H and O–H groups in total. The van der Waals surface area contributed by atoms with E-state index in [2.05, 4.69) is 13.2 Å². The number of carbonyl (C=O) groups is 6. The van der Waals surface area contributed by atoms with Crippen molar-refractivity contribution in [2.24, 2.45) is 0 Å². The predicted octanol–water partition coefficient (Wildman–Crippen LogP) is -3.84. The second kappa shape index (κ2) is 15.5. The third-order valence-electron chi connectivity index (χ3n) is 2.71. The van der Waals surface area contributed by atoms with Crippen LogP contribution in [0.1, 0.15) is 26.7 Å². The Bertz CT molecular complexity index is 631. The van der Waals surface area contributed by atoms with Gasteiger partial charge in [0, 0.05) is 11.1 Å². The number of hydrogen-bond donors (Lipinski definition) is 4. The van der Waals surface area contributed by atoms with Crippen molar-refractivity contribution in [2.75, 3.05) is 0 Å².